The van der Waals surface area contributed by atoms with Crippen molar-refractivity contribution in [2.45, 2.75) is 12.8 Å². The number of nitrogens with zero attached hydrogens (tertiary/aromatic N) is 7. The predicted octanol–water partition coefficient (Wildman–Crippen LogP) is 3.98. The topological polar surface area (TPSA) is 81.4 Å². The van der Waals surface area contributed by atoms with Crippen molar-refractivity contribution in [3.63, 3.8) is 0 Å². The van der Waals surface area contributed by atoms with Gasteiger partial charge in [0.1, 0.15) is 5.82 Å². The summed E-state index contributed by atoms with van der Waals surface area (Å²) in [7, 11) is 4.04. The zero-order chi connectivity index (χ0) is 25.8. The van der Waals surface area contributed by atoms with Crippen LogP contribution in [0.1, 0.15) is 18.7 Å². The summed E-state index contributed by atoms with van der Waals surface area (Å²) >= 11 is 0. The maximum Gasteiger partial charge on any atom is 0.296 e. The van der Waals surface area contributed by atoms with E-state index >= 15 is 0 Å². The molecule has 0 saturated carbocycles. The van der Waals surface area contributed by atoms with Gasteiger partial charge in [-0.25, -0.2) is 23.7 Å². The Kier molecular flexibility index (Phi) is 7.52. The van der Waals surface area contributed by atoms with Crippen LogP contribution in [0.25, 0.3) is 28.2 Å². The molecule has 0 radical (unpaired) electrons. The lowest BCUT2D eigenvalue weighted by atomic mass is 10.2. The van der Waals surface area contributed by atoms with Gasteiger partial charge < -0.3 is 19.3 Å². The standard InChI is InChI=1S/C26H29F2N7O2/c1-33(2)10-5-13-37-23-9-8-18(17-29-23)20-16-22(34-11-14-36-15-12-34)32-26(31-20)35-21-7-4-3-6-19(21)30-25(35)24(27)28/h3-4,6-9,16-17,24H,5,10-15H2,1-2H3. The SMILES string of the molecule is CN(C)CCCOc1ccc(-c2cc(N3CCOCC3)nc(-n3c(C(F)F)nc4ccccc43)n2)cn1. The second kappa shape index (κ2) is 11.1. The quantitative estimate of drug-likeness (QED) is 0.314. The van der Waals surface area contributed by atoms with Gasteiger partial charge in [-0.05, 0) is 38.7 Å². The fraction of sp³-hybridized carbons (Fsp3) is 0.385. The van der Waals surface area contributed by atoms with Crippen LogP contribution in [0, 0.1) is 0 Å². The molecule has 37 heavy (non-hydrogen) atoms. The Bertz CT molecular complexity index is 1340. The maximum absolute atomic E-state index is 14.1. The van der Waals surface area contributed by atoms with E-state index in [1.54, 1.807) is 36.5 Å². The molecular weight excluding hydrogens is 480 g/mol. The molecule has 11 heteroatoms. The van der Waals surface area contributed by atoms with Gasteiger partial charge >= 0.3 is 0 Å². The van der Waals surface area contributed by atoms with Gasteiger partial charge in [-0.15, -0.1) is 0 Å². The van der Waals surface area contributed by atoms with Crippen molar-refractivity contribution in [3.05, 3.63) is 54.5 Å². The van der Waals surface area contributed by atoms with Crippen LogP contribution in [0.3, 0.4) is 0 Å². The molecule has 1 saturated heterocycles. The molecule has 0 bridgehead atoms. The molecule has 5 rings (SSSR count). The average Bonchev–Trinajstić information content (AvgIpc) is 3.32. The number of imidazole rings is 1. The first-order valence-corrected chi connectivity index (χ1v) is 12.2. The van der Waals surface area contributed by atoms with Gasteiger partial charge in [-0.1, -0.05) is 12.1 Å². The molecule has 1 aromatic carbocycles. The number of ether oxygens (including phenoxy) is 2. The number of hydrogen-bond donors (Lipinski definition) is 0. The molecule has 9 nitrogen and oxygen atoms in total. The van der Waals surface area contributed by atoms with Gasteiger partial charge in [0.05, 0.1) is 36.5 Å². The summed E-state index contributed by atoms with van der Waals surface area (Å²) in [6.07, 6.45) is -0.228. The minimum absolute atomic E-state index is 0.131. The highest BCUT2D eigenvalue weighted by molar-refractivity contribution is 5.78. The first-order chi connectivity index (χ1) is 18.0. The number of anilines is 1. The van der Waals surface area contributed by atoms with Gasteiger partial charge in [0.2, 0.25) is 11.8 Å². The normalized spacial score (nSPS) is 14.2. The zero-order valence-electron chi connectivity index (χ0n) is 20.8. The number of fused-ring (bicyclic) bond motifs is 1. The largest absolute Gasteiger partial charge is 0.478 e. The van der Waals surface area contributed by atoms with Crippen LogP contribution >= 0.6 is 0 Å². The lowest BCUT2D eigenvalue weighted by Crippen LogP contribution is -2.37. The molecule has 0 atom stereocenters. The highest BCUT2D eigenvalue weighted by Crippen LogP contribution is 2.30. The van der Waals surface area contributed by atoms with Crippen LogP contribution < -0.4 is 9.64 Å². The summed E-state index contributed by atoms with van der Waals surface area (Å²) in [5, 5.41) is 0. The first kappa shape index (κ1) is 25.0. The van der Waals surface area contributed by atoms with Crippen molar-refractivity contribution in [1.29, 1.82) is 0 Å². The number of aromatic nitrogens is 5. The third-order valence-electron chi connectivity index (χ3n) is 6.05. The highest BCUT2D eigenvalue weighted by Gasteiger charge is 2.24. The van der Waals surface area contributed by atoms with E-state index in [-0.39, 0.29) is 5.95 Å². The van der Waals surface area contributed by atoms with Crippen LogP contribution in [0.4, 0.5) is 14.6 Å². The molecule has 3 aromatic heterocycles. The van der Waals surface area contributed by atoms with Crippen molar-refractivity contribution in [2.24, 2.45) is 0 Å². The Balaban J connectivity index is 1.53. The number of pyridine rings is 1. The van der Waals surface area contributed by atoms with Gasteiger partial charge in [0.15, 0.2) is 5.82 Å². The van der Waals surface area contributed by atoms with Gasteiger partial charge in [-0.3, -0.25) is 4.57 Å². The van der Waals surface area contributed by atoms with Gasteiger partial charge in [0, 0.05) is 43.5 Å². The Morgan fingerprint density at radius 3 is 2.59 bits per heavy atom. The fourth-order valence-corrected chi connectivity index (χ4v) is 4.20. The highest BCUT2D eigenvalue weighted by atomic mass is 19.3. The Labute approximate surface area is 213 Å². The predicted molar refractivity (Wildman–Crippen MR) is 137 cm³/mol. The number of halogens is 2. The number of rotatable bonds is 9. The summed E-state index contributed by atoms with van der Waals surface area (Å²) in [5.41, 5.74) is 2.26. The third kappa shape index (κ3) is 5.67. The molecule has 0 aliphatic carbocycles. The molecule has 1 aliphatic rings. The number of morpholine rings is 1. The molecule has 0 N–H and O–H groups in total. The Morgan fingerprint density at radius 2 is 1.86 bits per heavy atom. The summed E-state index contributed by atoms with van der Waals surface area (Å²) in [6.45, 7) is 3.89. The molecule has 0 amide bonds. The van der Waals surface area contributed by atoms with E-state index in [2.05, 4.69) is 19.8 Å². The minimum Gasteiger partial charge on any atom is -0.478 e. The molecule has 1 fully saturated rings. The molecular formula is C26H29F2N7O2. The van der Waals surface area contributed by atoms with Crippen molar-refractivity contribution in [3.8, 4) is 23.1 Å². The number of para-hydroxylation sites is 2. The van der Waals surface area contributed by atoms with Gasteiger partial charge in [-0.2, -0.15) is 4.98 Å². The van der Waals surface area contributed by atoms with E-state index in [0.717, 1.165) is 18.5 Å². The molecule has 0 unspecified atom stereocenters. The van der Waals surface area contributed by atoms with E-state index in [0.29, 0.717) is 61.3 Å². The maximum atomic E-state index is 14.1. The monoisotopic (exact) mass is 509 g/mol. The molecule has 4 aromatic rings. The fourth-order valence-electron chi connectivity index (χ4n) is 4.20. The summed E-state index contributed by atoms with van der Waals surface area (Å²) in [5.74, 6) is 0.883. The molecule has 0 spiro atoms. The van der Waals surface area contributed by atoms with Crippen LogP contribution in [0.2, 0.25) is 0 Å². The summed E-state index contributed by atoms with van der Waals surface area (Å²) in [6, 6.07) is 12.5. The number of alkyl halides is 2. The van der Waals surface area contributed by atoms with E-state index in [4.69, 9.17) is 19.4 Å². The van der Waals surface area contributed by atoms with Gasteiger partial charge in [0.25, 0.3) is 6.43 Å². The van der Waals surface area contributed by atoms with Crippen molar-refractivity contribution < 1.29 is 18.3 Å². The molecule has 4 heterocycles. The molecule has 194 valence electrons. The zero-order valence-corrected chi connectivity index (χ0v) is 20.8. The van der Waals surface area contributed by atoms with Crippen LogP contribution in [-0.2, 0) is 4.74 Å². The van der Waals surface area contributed by atoms with Crippen LogP contribution in [0.5, 0.6) is 5.88 Å². The summed E-state index contributed by atoms with van der Waals surface area (Å²) in [4.78, 5) is 22.1. The first-order valence-electron chi connectivity index (χ1n) is 12.2. The van der Waals surface area contributed by atoms with Crippen molar-refractivity contribution in [2.75, 3.05) is 58.5 Å². The van der Waals surface area contributed by atoms with E-state index in [1.807, 2.05) is 26.2 Å². The van der Waals surface area contributed by atoms with E-state index < -0.39 is 12.2 Å². The average molecular weight is 510 g/mol. The summed E-state index contributed by atoms with van der Waals surface area (Å²) < 4.78 is 40.7. The lowest BCUT2D eigenvalue weighted by Gasteiger charge is -2.28. The van der Waals surface area contributed by atoms with Crippen LogP contribution in [-0.4, -0.2) is 83.0 Å². The van der Waals surface area contributed by atoms with Crippen molar-refractivity contribution in [1.82, 2.24) is 29.4 Å². The number of hydrogen-bond acceptors (Lipinski definition) is 8. The molecule has 1 aliphatic heterocycles. The van der Waals surface area contributed by atoms with E-state index in [9.17, 15) is 8.78 Å². The third-order valence-corrected chi connectivity index (χ3v) is 6.05. The number of benzene rings is 1. The second-order valence-electron chi connectivity index (χ2n) is 9.00. The van der Waals surface area contributed by atoms with Crippen molar-refractivity contribution >= 4 is 16.9 Å². The Hall–Kier alpha value is -3.70. The Morgan fingerprint density at radius 1 is 1.05 bits per heavy atom. The lowest BCUT2D eigenvalue weighted by molar-refractivity contribution is 0.122. The smallest absolute Gasteiger partial charge is 0.296 e. The second-order valence-corrected chi connectivity index (χ2v) is 9.00. The van der Waals surface area contributed by atoms with E-state index in [1.165, 1.54) is 4.57 Å². The minimum atomic E-state index is -2.79. The van der Waals surface area contributed by atoms with Crippen LogP contribution in [0.15, 0.2) is 48.7 Å².